The van der Waals surface area contributed by atoms with Gasteiger partial charge in [-0.1, -0.05) is 0 Å². The highest BCUT2D eigenvalue weighted by molar-refractivity contribution is 6.32. The molecule has 4 aliphatic rings. The van der Waals surface area contributed by atoms with Gasteiger partial charge in [-0.25, -0.2) is 18.8 Å². The van der Waals surface area contributed by atoms with Crippen molar-refractivity contribution in [3.05, 3.63) is 35.8 Å². The van der Waals surface area contributed by atoms with E-state index in [-0.39, 0.29) is 12.4 Å². The Morgan fingerprint density at radius 1 is 0.973 bits per heavy atom. The first-order valence-corrected chi connectivity index (χ1v) is 12.9. The van der Waals surface area contributed by atoms with Gasteiger partial charge in [-0.15, -0.1) is 0 Å². The molecule has 4 fully saturated rings. The number of piperidine rings is 1. The number of amides is 3. The number of H-pyrrole nitrogens is 1. The Morgan fingerprint density at radius 3 is 2.46 bits per heavy atom. The fourth-order valence-corrected chi connectivity index (χ4v) is 6.29. The Hall–Kier alpha value is -3.47. The molecule has 0 bridgehead atoms. The molecule has 4 aliphatic heterocycles. The fourth-order valence-electron chi connectivity index (χ4n) is 6.29. The number of ether oxygens (including phenoxy) is 2. The van der Waals surface area contributed by atoms with E-state index in [0.29, 0.717) is 31.7 Å². The van der Waals surface area contributed by atoms with Crippen molar-refractivity contribution in [2.75, 3.05) is 32.7 Å². The van der Waals surface area contributed by atoms with Crippen LogP contribution in [-0.2, 0) is 23.9 Å². The average molecular weight is 513 g/mol. The molecule has 1 aromatic heterocycles. The van der Waals surface area contributed by atoms with Crippen LogP contribution in [0.4, 0.5) is 9.18 Å². The molecule has 2 aromatic rings. The number of hydrogen-bond acceptors (Lipinski definition) is 7. The molecule has 1 unspecified atom stereocenters. The monoisotopic (exact) mass is 512 g/mol. The van der Waals surface area contributed by atoms with Crippen LogP contribution in [0, 0.1) is 5.82 Å². The summed E-state index contributed by atoms with van der Waals surface area (Å²) in [5.41, 5.74) is 2.11. The lowest BCUT2D eigenvalue weighted by molar-refractivity contribution is -0.217. The number of fused-ring (bicyclic) bond motifs is 3. The molecular formula is C26H29FN4O6. The number of urea groups is 1. The molecule has 1 spiro atoms. The van der Waals surface area contributed by atoms with Gasteiger partial charge >= 0.3 is 29.7 Å². The Labute approximate surface area is 212 Å². The number of nitrogens with one attached hydrogen (secondary N) is 1. The molecule has 0 aliphatic carbocycles. The third-order valence-electron chi connectivity index (χ3n) is 8.18. The van der Waals surface area contributed by atoms with Gasteiger partial charge in [0.05, 0.1) is 0 Å². The van der Waals surface area contributed by atoms with Crippen LogP contribution in [0.3, 0.4) is 0 Å². The predicted molar refractivity (Wildman–Crippen MR) is 128 cm³/mol. The van der Waals surface area contributed by atoms with Gasteiger partial charge in [0.1, 0.15) is 11.9 Å². The van der Waals surface area contributed by atoms with Crippen LogP contribution >= 0.6 is 0 Å². The number of halogens is 1. The highest BCUT2D eigenvalue weighted by atomic mass is 19.1. The minimum absolute atomic E-state index is 0.162. The van der Waals surface area contributed by atoms with Crippen molar-refractivity contribution in [1.82, 2.24) is 19.7 Å². The van der Waals surface area contributed by atoms with Crippen LogP contribution in [0.1, 0.15) is 50.0 Å². The van der Waals surface area contributed by atoms with Gasteiger partial charge in [0.2, 0.25) is 0 Å². The maximum Gasteiger partial charge on any atom is 0.421 e. The van der Waals surface area contributed by atoms with Crippen molar-refractivity contribution in [2.45, 2.75) is 56.3 Å². The van der Waals surface area contributed by atoms with Crippen molar-refractivity contribution in [2.24, 2.45) is 0 Å². The van der Waals surface area contributed by atoms with Crippen molar-refractivity contribution < 1.29 is 33.0 Å². The second-order valence-corrected chi connectivity index (χ2v) is 10.3. The third kappa shape index (κ3) is 3.96. The summed E-state index contributed by atoms with van der Waals surface area (Å²) < 4.78 is 24.1. The summed E-state index contributed by atoms with van der Waals surface area (Å²) in [6, 6.07) is 3.64. The largest absolute Gasteiger partial charge is 0.421 e. The molecule has 11 heteroatoms. The van der Waals surface area contributed by atoms with Crippen molar-refractivity contribution >= 4 is 34.8 Å². The molecule has 1 N–H and O–H groups in total. The second kappa shape index (κ2) is 9.13. The first-order valence-electron chi connectivity index (χ1n) is 12.9. The summed E-state index contributed by atoms with van der Waals surface area (Å²) in [5.74, 6) is -5.07. The summed E-state index contributed by atoms with van der Waals surface area (Å²) in [5, 5.41) is 0.950. The number of esters is 2. The predicted octanol–water partition coefficient (Wildman–Crippen LogP) is 2.49. The number of likely N-dealkylation sites (tertiary alicyclic amines) is 1. The maximum absolute atomic E-state index is 13.7. The number of aromatic amines is 1. The van der Waals surface area contributed by atoms with E-state index in [4.69, 9.17) is 9.47 Å². The smallest absolute Gasteiger partial charge is 0.403 e. The molecule has 5 heterocycles. The highest BCUT2D eigenvalue weighted by Gasteiger charge is 2.68. The minimum atomic E-state index is -2.05. The van der Waals surface area contributed by atoms with E-state index in [9.17, 15) is 23.6 Å². The number of hydrogen-bond donors (Lipinski definition) is 1. The number of benzene rings is 1. The van der Waals surface area contributed by atoms with Gasteiger partial charge in [0.15, 0.2) is 0 Å². The second-order valence-electron chi connectivity index (χ2n) is 10.3. The van der Waals surface area contributed by atoms with Crippen LogP contribution in [0.25, 0.3) is 10.9 Å². The van der Waals surface area contributed by atoms with Crippen LogP contribution in [0.5, 0.6) is 0 Å². The van der Waals surface area contributed by atoms with Crippen LogP contribution < -0.4 is 0 Å². The number of imide groups is 1. The van der Waals surface area contributed by atoms with Gasteiger partial charge in [-0.2, -0.15) is 0 Å². The zero-order chi connectivity index (χ0) is 25.7. The van der Waals surface area contributed by atoms with Crippen molar-refractivity contribution in [3.63, 3.8) is 0 Å². The maximum atomic E-state index is 13.7. The van der Waals surface area contributed by atoms with E-state index in [1.807, 2.05) is 6.20 Å². The van der Waals surface area contributed by atoms with E-state index in [2.05, 4.69) is 9.88 Å². The molecule has 10 nitrogen and oxygen atoms in total. The van der Waals surface area contributed by atoms with E-state index in [1.54, 1.807) is 12.1 Å². The number of unbranched alkanes of at least 4 members (excludes halogenated alkanes) is 1. The Kier molecular flexibility index (Phi) is 5.89. The van der Waals surface area contributed by atoms with Crippen molar-refractivity contribution in [3.8, 4) is 0 Å². The molecule has 4 saturated heterocycles. The van der Waals surface area contributed by atoms with Gasteiger partial charge in [0.25, 0.3) is 0 Å². The molecule has 1 aromatic carbocycles. The Morgan fingerprint density at radius 2 is 1.70 bits per heavy atom. The van der Waals surface area contributed by atoms with Gasteiger partial charge < -0.3 is 24.3 Å². The summed E-state index contributed by atoms with van der Waals surface area (Å²) in [6.07, 6.45) is 6.36. The molecule has 3 amide bonds. The first-order chi connectivity index (χ1) is 17.9. The first kappa shape index (κ1) is 23.9. The average Bonchev–Trinajstić information content (AvgIpc) is 3.61. The quantitative estimate of drug-likeness (QED) is 0.360. The lowest BCUT2D eigenvalue weighted by atomic mass is 9.89. The number of aromatic nitrogens is 1. The van der Waals surface area contributed by atoms with Crippen LogP contribution in [0.15, 0.2) is 24.4 Å². The third-order valence-corrected chi connectivity index (χ3v) is 8.18. The summed E-state index contributed by atoms with van der Waals surface area (Å²) in [6.45, 7) is 3.24. The Balaban J connectivity index is 1.02. The van der Waals surface area contributed by atoms with E-state index in [0.717, 1.165) is 54.7 Å². The van der Waals surface area contributed by atoms with Gasteiger partial charge in [-0.3, -0.25) is 9.69 Å². The van der Waals surface area contributed by atoms with Gasteiger partial charge in [0, 0.05) is 30.2 Å². The van der Waals surface area contributed by atoms with E-state index >= 15 is 0 Å². The molecule has 0 saturated carbocycles. The summed E-state index contributed by atoms with van der Waals surface area (Å²) >= 11 is 0. The summed E-state index contributed by atoms with van der Waals surface area (Å²) in [4.78, 5) is 58.0. The molecule has 196 valence electrons. The normalized spacial score (nSPS) is 24.3. The lowest BCUT2D eigenvalue weighted by Crippen LogP contribution is -2.69. The Bertz CT molecular complexity index is 1250. The summed E-state index contributed by atoms with van der Waals surface area (Å²) in [7, 11) is 0. The highest BCUT2D eigenvalue weighted by Crippen LogP contribution is 2.40. The number of nitrogens with zero attached hydrogens (tertiary/aromatic N) is 3. The van der Waals surface area contributed by atoms with E-state index < -0.39 is 35.7 Å². The standard InChI is InChI=1S/C26H29FN4O6/c27-17-5-6-20-18(14-17)19(15-28-20)16-7-12-29(13-8-16)9-1-2-10-31-24(34)26(36-22(32)23(33)37-26)21-4-3-11-30(21)25(31)35/h5-6,14-16,21,28H,1-4,7-13H2. The van der Waals surface area contributed by atoms with Crippen LogP contribution in [-0.4, -0.2) is 88.1 Å². The number of carbonyl (C=O) groups is 4. The molecule has 6 rings (SSSR count). The fraction of sp³-hybridized carbons (Fsp3) is 0.538. The van der Waals surface area contributed by atoms with E-state index in [1.165, 1.54) is 16.5 Å². The topological polar surface area (TPSA) is 112 Å². The molecule has 1 atom stereocenters. The van der Waals surface area contributed by atoms with Crippen molar-refractivity contribution in [1.29, 1.82) is 0 Å². The zero-order valence-electron chi connectivity index (χ0n) is 20.4. The lowest BCUT2D eigenvalue weighted by Gasteiger charge is -2.44. The minimum Gasteiger partial charge on any atom is -0.403 e. The molecule has 0 radical (unpaired) electrons. The van der Waals surface area contributed by atoms with Gasteiger partial charge in [-0.05, 0) is 87.8 Å². The molecular weight excluding hydrogens is 483 g/mol. The zero-order valence-corrected chi connectivity index (χ0v) is 20.4. The van der Waals surface area contributed by atoms with Crippen LogP contribution in [0.2, 0.25) is 0 Å². The number of rotatable bonds is 6. The molecule has 37 heavy (non-hydrogen) atoms. The number of carbonyl (C=O) groups excluding carboxylic acids is 4. The SMILES string of the molecule is O=C1OC2(OC1=O)C(=O)N(CCCCN1CCC(c3c[nH]c4ccc(F)cc34)CC1)C(=O)N1CCCC12.